The minimum absolute atomic E-state index is 0.796. The van der Waals surface area contributed by atoms with E-state index in [2.05, 4.69) is 65.3 Å². The van der Waals surface area contributed by atoms with Crippen LogP contribution in [0.4, 0.5) is 5.69 Å². The van der Waals surface area contributed by atoms with Crippen LogP contribution in [0.25, 0.3) is 0 Å². The van der Waals surface area contributed by atoms with Gasteiger partial charge in [-0.15, -0.1) is 0 Å². The molecule has 0 amide bonds. The van der Waals surface area contributed by atoms with E-state index < -0.39 is 0 Å². The van der Waals surface area contributed by atoms with E-state index in [-0.39, 0.29) is 0 Å². The van der Waals surface area contributed by atoms with Gasteiger partial charge >= 0.3 is 0 Å². The molecule has 1 saturated heterocycles. The van der Waals surface area contributed by atoms with Crippen LogP contribution in [0.1, 0.15) is 12.5 Å². The lowest BCUT2D eigenvalue weighted by molar-refractivity contribution is 0.0962. The molecule has 2 aliphatic heterocycles. The Balaban J connectivity index is 1.56. The lowest BCUT2D eigenvalue weighted by atomic mass is 10.1. The number of nitrogens with zero attached hydrogens (tertiary/aromatic N) is 3. The van der Waals surface area contributed by atoms with E-state index in [4.69, 9.17) is 9.73 Å². The number of para-hydroxylation sites is 1. The molecule has 0 aliphatic carbocycles. The van der Waals surface area contributed by atoms with Gasteiger partial charge in [0.15, 0.2) is 0 Å². The second-order valence-corrected chi connectivity index (χ2v) is 7.61. The maximum absolute atomic E-state index is 5.50. The average Bonchev–Trinajstić information content (AvgIpc) is 2.85. The molecule has 0 saturated carbocycles. The molecule has 0 aromatic heterocycles. The molecular formula is C21H25N3OS. The summed E-state index contributed by atoms with van der Waals surface area (Å²) >= 11 is 1.82. The van der Waals surface area contributed by atoms with Crippen molar-refractivity contribution in [2.45, 2.75) is 16.7 Å². The molecule has 0 radical (unpaired) electrons. The summed E-state index contributed by atoms with van der Waals surface area (Å²) in [5.41, 5.74) is 2.32. The summed E-state index contributed by atoms with van der Waals surface area (Å²) in [7, 11) is 0. The molecular weight excluding hydrogens is 342 g/mol. The maximum Gasteiger partial charge on any atom is 0.137 e. The van der Waals surface area contributed by atoms with Gasteiger partial charge in [-0.3, -0.25) is 4.90 Å². The van der Waals surface area contributed by atoms with Gasteiger partial charge in [0.1, 0.15) is 5.84 Å². The third kappa shape index (κ3) is 3.80. The number of hydrogen-bond acceptors (Lipinski definition) is 5. The SMILES string of the molecule is CCOCCN1CCN(C2=Nc3ccccc3Sc3ccccc32)CC1. The molecule has 2 heterocycles. The zero-order valence-electron chi connectivity index (χ0n) is 15.2. The number of ether oxygens (including phenoxy) is 1. The zero-order valence-corrected chi connectivity index (χ0v) is 16.0. The van der Waals surface area contributed by atoms with Crippen LogP contribution in [-0.2, 0) is 4.74 Å². The first kappa shape index (κ1) is 17.6. The first-order valence-corrected chi connectivity index (χ1v) is 10.2. The number of rotatable bonds is 4. The fraction of sp³-hybridized carbons (Fsp3) is 0.381. The summed E-state index contributed by atoms with van der Waals surface area (Å²) in [5.74, 6) is 1.11. The van der Waals surface area contributed by atoms with E-state index in [1.54, 1.807) is 0 Å². The Kier molecular flexibility index (Phi) is 5.58. The van der Waals surface area contributed by atoms with Crippen LogP contribution >= 0.6 is 11.8 Å². The molecule has 4 nitrogen and oxygen atoms in total. The number of aliphatic imine (C=N–C) groups is 1. The van der Waals surface area contributed by atoms with Gasteiger partial charge < -0.3 is 9.64 Å². The molecule has 0 atom stereocenters. The number of amidine groups is 1. The monoisotopic (exact) mass is 367 g/mol. The summed E-state index contributed by atoms with van der Waals surface area (Å²) in [6, 6.07) is 17.1. The standard InChI is InChI=1S/C21H25N3OS/c1-2-25-16-15-23-11-13-24(14-12-23)21-17-7-3-5-9-19(17)26-20-10-6-4-8-18(20)22-21/h3-10H,2,11-16H2,1H3. The number of benzene rings is 2. The summed E-state index contributed by atoms with van der Waals surface area (Å²) in [4.78, 5) is 12.5. The highest BCUT2D eigenvalue weighted by molar-refractivity contribution is 7.99. The van der Waals surface area contributed by atoms with Crippen LogP contribution in [0.5, 0.6) is 0 Å². The summed E-state index contributed by atoms with van der Waals surface area (Å²) in [6.45, 7) is 8.82. The van der Waals surface area contributed by atoms with E-state index in [9.17, 15) is 0 Å². The molecule has 0 bridgehead atoms. The maximum atomic E-state index is 5.50. The van der Waals surface area contributed by atoms with Gasteiger partial charge in [0.2, 0.25) is 0 Å². The molecule has 136 valence electrons. The van der Waals surface area contributed by atoms with Crippen molar-refractivity contribution >= 4 is 23.3 Å². The highest BCUT2D eigenvalue weighted by Crippen LogP contribution is 2.40. The van der Waals surface area contributed by atoms with Crippen LogP contribution in [0, 0.1) is 0 Å². The van der Waals surface area contributed by atoms with Crippen LogP contribution in [0.15, 0.2) is 63.3 Å². The van der Waals surface area contributed by atoms with Crippen molar-refractivity contribution in [1.29, 1.82) is 0 Å². The molecule has 5 heteroatoms. The molecule has 0 N–H and O–H groups in total. The Hall–Kier alpha value is -1.82. The van der Waals surface area contributed by atoms with E-state index in [0.717, 1.165) is 57.5 Å². The van der Waals surface area contributed by atoms with Crippen molar-refractivity contribution in [3.63, 3.8) is 0 Å². The number of fused-ring (bicyclic) bond motifs is 2. The highest BCUT2D eigenvalue weighted by atomic mass is 32.2. The van der Waals surface area contributed by atoms with Gasteiger partial charge in [-0.05, 0) is 25.1 Å². The highest BCUT2D eigenvalue weighted by Gasteiger charge is 2.24. The van der Waals surface area contributed by atoms with E-state index in [1.807, 2.05) is 11.8 Å². The minimum Gasteiger partial charge on any atom is -0.380 e. The molecule has 0 spiro atoms. The Morgan fingerprint density at radius 2 is 1.69 bits per heavy atom. The Morgan fingerprint density at radius 1 is 0.962 bits per heavy atom. The fourth-order valence-electron chi connectivity index (χ4n) is 3.43. The Labute approximate surface area is 159 Å². The van der Waals surface area contributed by atoms with Crippen LogP contribution < -0.4 is 0 Å². The summed E-state index contributed by atoms with van der Waals surface area (Å²) in [6.07, 6.45) is 0. The number of piperazine rings is 1. The van der Waals surface area contributed by atoms with Crippen LogP contribution in [-0.4, -0.2) is 61.6 Å². The van der Waals surface area contributed by atoms with Gasteiger partial charge in [0, 0.05) is 54.7 Å². The van der Waals surface area contributed by atoms with E-state index >= 15 is 0 Å². The van der Waals surface area contributed by atoms with Crippen LogP contribution in [0.3, 0.4) is 0 Å². The summed E-state index contributed by atoms with van der Waals surface area (Å²) in [5, 5.41) is 0. The van der Waals surface area contributed by atoms with Crippen molar-refractivity contribution in [1.82, 2.24) is 9.80 Å². The first-order chi connectivity index (χ1) is 12.8. The smallest absolute Gasteiger partial charge is 0.137 e. The van der Waals surface area contributed by atoms with Crippen molar-refractivity contribution in [3.05, 3.63) is 54.1 Å². The third-order valence-corrected chi connectivity index (χ3v) is 6.01. The molecule has 2 aliphatic rings. The zero-order chi connectivity index (χ0) is 17.8. The Bertz CT molecular complexity index is 784. The van der Waals surface area contributed by atoms with Gasteiger partial charge in [-0.1, -0.05) is 42.1 Å². The van der Waals surface area contributed by atoms with Crippen molar-refractivity contribution < 1.29 is 4.74 Å². The van der Waals surface area contributed by atoms with Crippen molar-refractivity contribution in [3.8, 4) is 0 Å². The quantitative estimate of drug-likeness (QED) is 0.767. The van der Waals surface area contributed by atoms with Crippen LogP contribution in [0.2, 0.25) is 0 Å². The molecule has 1 fully saturated rings. The van der Waals surface area contributed by atoms with Crippen molar-refractivity contribution in [2.75, 3.05) is 45.9 Å². The number of hydrogen-bond donors (Lipinski definition) is 0. The molecule has 2 aromatic rings. The van der Waals surface area contributed by atoms with Gasteiger partial charge in [0.25, 0.3) is 0 Å². The third-order valence-electron chi connectivity index (χ3n) is 4.87. The lowest BCUT2D eigenvalue weighted by Crippen LogP contribution is -2.49. The lowest BCUT2D eigenvalue weighted by Gasteiger charge is -2.36. The second-order valence-electron chi connectivity index (χ2n) is 6.53. The fourth-order valence-corrected chi connectivity index (χ4v) is 4.45. The predicted octanol–water partition coefficient (Wildman–Crippen LogP) is 3.88. The van der Waals surface area contributed by atoms with Gasteiger partial charge in [-0.2, -0.15) is 0 Å². The summed E-state index contributed by atoms with van der Waals surface area (Å²) < 4.78 is 5.50. The molecule has 0 unspecified atom stereocenters. The topological polar surface area (TPSA) is 28.1 Å². The normalized spacial score (nSPS) is 17.3. The first-order valence-electron chi connectivity index (χ1n) is 9.35. The van der Waals surface area contributed by atoms with Crippen molar-refractivity contribution in [2.24, 2.45) is 4.99 Å². The molecule has 4 rings (SSSR count). The molecule has 2 aromatic carbocycles. The van der Waals surface area contributed by atoms with Gasteiger partial charge in [-0.25, -0.2) is 4.99 Å². The molecule has 26 heavy (non-hydrogen) atoms. The predicted molar refractivity (Wildman–Crippen MR) is 108 cm³/mol. The largest absolute Gasteiger partial charge is 0.380 e. The minimum atomic E-state index is 0.796. The Morgan fingerprint density at radius 3 is 2.50 bits per heavy atom. The van der Waals surface area contributed by atoms with E-state index in [1.165, 1.54) is 15.4 Å². The second kappa shape index (κ2) is 8.25. The van der Waals surface area contributed by atoms with E-state index in [0.29, 0.717) is 0 Å². The average molecular weight is 368 g/mol. The van der Waals surface area contributed by atoms with Gasteiger partial charge in [0.05, 0.1) is 12.3 Å².